The number of nitro benzene ring substituents is 1. The number of nitrogens with zero attached hydrogens (tertiary/aromatic N) is 2. The minimum absolute atomic E-state index is 0.0320. The van der Waals surface area contributed by atoms with Crippen LogP contribution in [0.5, 0.6) is 0 Å². The fourth-order valence-electron chi connectivity index (χ4n) is 3.13. The second-order valence-corrected chi connectivity index (χ2v) is 8.37. The number of aliphatic imine (C=N–C) groups is 1. The molecule has 2 heterocycles. The van der Waals surface area contributed by atoms with Gasteiger partial charge in [-0.15, -0.1) is 0 Å². The Kier molecular flexibility index (Phi) is 6.85. The van der Waals surface area contributed by atoms with Crippen molar-refractivity contribution >= 4 is 51.8 Å². The monoisotopic (exact) mass is 496 g/mol. The second-order valence-electron chi connectivity index (χ2n) is 6.93. The van der Waals surface area contributed by atoms with E-state index in [1.54, 1.807) is 37.3 Å². The molecule has 0 aliphatic carbocycles. The van der Waals surface area contributed by atoms with Gasteiger partial charge in [0.1, 0.15) is 27.9 Å². The molecule has 0 amide bonds. The largest absolute Gasteiger partial charge is 0.506 e. The first-order chi connectivity index (χ1) is 16.4. The highest BCUT2D eigenvalue weighted by molar-refractivity contribution is 8.18. The van der Waals surface area contributed by atoms with Crippen LogP contribution in [-0.2, 0) is 9.53 Å². The number of hydrogen-bond donors (Lipinski definition) is 1. The summed E-state index contributed by atoms with van der Waals surface area (Å²) in [5, 5.41) is 22.5. The molecule has 172 valence electrons. The van der Waals surface area contributed by atoms with E-state index in [2.05, 4.69) is 4.99 Å². The summed E-state index contributed by atoms with van der Waals surface area (Å²) in [7, 11) is 0. The van der Waals surface area contributed by atoms with Gasteiger partial charge in [-0.25, -0.2) is 9.79 Å². The Morgan fingerprint density at radius 3 is 2.71 bits per heavy atom. The fraction of sp³-hybridized carbons (Fsp3) is 0.0833. The second kappa shape index (κ2) is 9.98. The first-order valence-corrected chi connectivity index (χ1v) is 11.3. The summed E-state index contributed by atoms with van der Waals surface area (Å²) >= 11 is 7.30. The van der Waals surface area contributed by atoms with Crippen LogP contribution < -0.4 is 0 Å². The number of hydrogen-bond acceptors (Lipinski definition) is 8. The molecule has 1 aliphatic rings. The molecular formula is C24H17ClN2O6S. The number of benzene rings is 2. The number of carbonyl (C=O) groups is 1. The summed E-state index contributed by atoms with van der Waals surface area (Å²) in [5.74, 6) is -0.301. The zero-order valence-electron chi connectivity index (χ0n) is 17.7. The molecule has 10 heteroatoms. The van der Waals surface area contributed by atoms with Crippen molar-refractivity contribution in [2.24, 2.45) is 4.99 Å². The molecule has 0 saturated heterocycles. The number of rotatable bonds is 6. The number of furan rings is 1. The molecule has 1 aliphatic heterocycles. The van der Waals surface area contributed by atoms with Crippen molar-refractivity contribution in [1.82, 2.24) is 0 Å². The quantitative estimate of drug-likeness (QED) is 0.229. The summed E-state index contributed by atoms with van der Waals surface area (Å²) < 4.78 is 10.9. The van der Waals surface area contributed by atoms with Crippen LogP contribution >= 0.6 is 23.4 Å². The number of carbonyl (C=O) groups excluding carboxylic acids is 1. The van der Waals surface area contributed by atoms with Crippen LogP contribution in [0.4, 0.5) is 11.4 Å². The zero-order valence-corrected chi connectivity index (χ0v) is 19.3. The summed E-state index contributed by atoms with van der Waals surface area (Å²) in [5.41, 5.74) is 0.818. The zero-order chi connectivity index (χ0) is 24.2. The third-order valence-corrected chi connectivity index (χ3v) is 6.03. The Bertz CT molecular complexity index is 1360. The molecule has 2 aromatic carbocycles. The van der Waals surface area contributed by atoms with Crippen molar-refractivity contribution in [3.8, 4) is 11.3 Å². The maximum absolute atomic E-state index is 12.5. The van der Waals surface area contributed by atoms with E-state index in [4.69, 9.17) is 20.8 Å². The molecule has 1 N–H and O–H groups in total. The maximum Gasteiger partial charge on any atom is 0.344 e. The van der Waals surface area contributed by atoms with E-state index < -0.39 is 10.9 Å². The topological polar surface area (TPSA) is 115 Å². The predicted octanol–water partition coefficient (Wildman–Crippen LogP) is 6.70. The number of esters is 1. The van der Waals surface area contributed by atoms with Crippen molar-refractivity contribution in [2.45, 2.75) is 6.92 Å². The van der Waals surface area contributed by atoms with E-state index in [9.17, 15) is 20.0 Å². The van der Waals surface area contributed by atoms with E-state index in [0.717, 1.165) is 11.8 Å². The number of halogens is 1. The lowest BCUT2D eigenvalue weighted by Crippen LogP contribution is -2.12. The average Bonchev–Trinajstić information content (AvgIpc) is 3.39. The summed E-state index contributed by atoms with van der Waals surface area (Å²) in [6, 6.07) is 16.3. The molecule has 0 fully saturated rings. The minimum atomic E-state index is -0.686. The average molecular weight is 497 g/mol. The van der Waals surface area contributed by atoms with Gasteiger partial charge in [-0.2, -0.15) is 0 Å². The Morgan fingerprint density at radius 2 is 2.00 bits per heavy atom. The Morgan fingerprint density at radius 1 is 1.24 bits per heavy atom. The first kappa shape index (κ1) is 23.3. The van der Waals surface area contributed by atoms with Gasteiger partial charge in [-0.05, 0) is 43.3 Å². The van der Waals surface area contributed by atoms with Crippen molar-refractivity contribution in [3.63, 3.8) is 0 Å². The van der Waals surface area contributed by atoms with E-state index >= 15 is 0 Å². The number of non-ortho nitro benzene ring substituents is 1. The SMILES string of the molecule is CCOC(=O)C1=C(O)/C(=C/c2ccc(-c3cc([N+](=O)[O-])ccc3Cl)o2)SC1=Nc1ccccc1. The molecule has 0 bridgehead atoms. The molecule has 4 rings (SSSR count). The third kappa shape index (κ3) is 4.90. The van der Waals surface area contributed by atoms with Gasteiger partial charge < -0.3 is 14.3 Å². The Hall–Kier alpha value is -3.82. The molecule has 0 unspecified atom stereocenters. The smallest absolute Gasteiger partial charge is 0.344 e. The van der Waals surface area contributed by atoms with Crippen LogP contribution in [0, 0.1) is 10.1 Å². The van der Waals surface area contributed by atoms with Gasteiger partial charge in [-0.3, -0.25) is 10.1 Å². The number of para-hydroxylation sites is 1. The predicted molar refractivity (Wildman–Crippen MR) is 131 cm³/mol. The summed E-state index contributed by atoms with van der Waals surface area (Å²) in [6.07, 6.45) is 1.54. The van der Waals surface area contributed by atoms with Gasteiger partial charge in [0, 0.05) is 17.7 Å². The molecule has 0 saturated carbocycles. The normalized spacial score (nSPS) is 15.8. The van der Waals surface area contributed by atoms with Crippen LogP contribution in [-0.4, -0.2) is 27.6 Å². The summed E-state index contributed by atoms with van der Waals surface area (Å²) in [4.78, 5) is 27.9. The molecule has 3 aromatic rings. The third-order valence-electron chi connectivity index (χ3n) is 4.68. The number of nitro groups is 1. The number of aliphatic hydroxyl groups is 1. The van der Waals surface area contributed by atoms with Crippen molar-refractivity contribution in [1.29, 1.82) is 0 Å². The van der Waals surface area contributed by atoms with E-state index in [-0.39, 0.29) is 23.6 Å². The van der Waals surface area contributed by atoms with Crippen LogP contribution in [0.2, 0.25) is 5.02 Å². The highest BCUT2D eigenvalue weighted by Gasteiger charge is 2.33. The van der Waals surface area contributed by atoms with Crippen molar-refractivity contribution in [3.05, 3.63) is 97.8 Å². The van der Waals surface area contributed by atoms with Gasteiger partial charge in [0.25, 0.3) is 5.69 Å². The first-order valence-electron chi connectivity index (χ1n) is 10.1. The van der Waals surface area contributed by atoms with Gasteiger partial charge >= 0.3 is 5.97 Å². The highest BCUT2D eigenvalue weighted by Crippen LogP contribution is 2.41. The number of aliphatic hydroxyl groups excluding tert-OH is 1. The number of thioether (sulfide) groups is 1. The number of ether oxygens (including phenoxy) is 1. The van der Waals surface area contributed by atoms with Crippen molar-refractivity contribution in [2.75, 3.05) is 6.61 Å². The van der Waals surface area contributed by atoms with Crippen LogP contribution in [0.15, 0.2) is 86.3 Å². The molecule has 8 nitrogen and oxygen atoms in total. The molecule has 0 radical (unpaired) electrons. The molecular weight excluding hydrogens is 480 g/mol. The highest BCUT2D eigenvalue weighted by atomic mass is 35.5. The molecule has 0 spiro atoms. The fourth-order valence-corrected chi connectivity index (χ4v) is 4.36. The van der Waals surface area contributed by atoms with Crippen LogP contribution in [0.25, 0.3) is 17.4 Å². The molecule has 34 heavy (non-hydrogen) atoms. The lowest BCUT2D eigenvalue weighted by atomic mass is 10.1. The Balaban J connectivity index is 1.70. The Labute approximate surface area is 203 Å². The molecule has 0 atom stereocenters. The van der Waals surface area contributed by atoms with Crippen molar-refractivity contribution < 1.29 is 24.0 Å². The standard InChI is InChI=1S/C24H17ClN2O6S/c1-2-32-24(29)21-22(28)20(34-23(21)26-14-6-4-3-5-7-14)13-16-9-11-19(33-16)17-12-15(27(30)31)8-10-18(17)25/h3-13,28H,2H2,1H3/b20-13-,26-23?. The van der Waals surface area contributed by atoms with E-state index in [1.807, 2.05) is 18.2 Å². The summed E-state index contributed by atoms with van der Waals surface area (Å²) in [6.45, 7) is 1.81. The van der Waals surface area contributed by atoms with E-state index in [1.165, 1.54) is 18.2 Å². The van der Waals surface area contributed by atoms with Gasteiger partial charge in [-0.1, -0.05) is 41.6 Å². The molecule has 1 aromatic heterocycles. The van der Waals surface area contributed by atoms with Gasteiger partial charge in [0.2, 0.25) is 0 Å². The van der Waals surface area contributed by atoms with Crippen LogP contribution in [0.1, 0.15) is 12.7 Å². The van der Waals surface area contributed by atoms with E-state index in [0.29, 0.717) is 37.7 Å². The van der Waals surface area contributed by atoms with Crippen LogP contribution in [0.3, 0.4) is 0 Å². The maximum atomic E-state index is 12.5. The van der Waals surface area contributed by atoms with Gasteiger partial charge in [0.15, 0.2) is 0 Å². The minimum Gasteiger partial charge on any atom is -0.506 e. The lowest BCUT2D eigenvalue weighted by Gasteiger charge is -2.03. The lowest BCUT2D eigenvalue weighted by molar-refractivity contribution is -0.384. The van der Waals surface area contributed by atoms with Gasteiger partial charge in [0.05, 0.1) is 27.1 Å².